The number of nitrogens with one attached hydrogen (secondary N) is 3. The average molecular weight is 546 g/mol. The molecule has 3 amide bonds. The third-order valence-corrected chi connectivity index (χ3v) is 6.47. The Morgan fingerprint density at radius 3 is 2.50 bits per heavy atom. The Hall–Kier alpha value is -5.13. The van der Waals surface area contributed by atoms with Crippen molar-refractivity contribution in [3.8, 4) is 11.5 Å². The standard InChI is InChI=1S/C28H31N7O5/c1-4-25(36)31-20-15-21(23(40-3)16-22(20)35-12-9-17(10-13-35)26(29)37)32-28-30-11-8-24(34-28)33-27(38)18-6-5-7-19(14-18)39-2/h4-8,11,14-17H,1,9-10,12-13H2,2-3H3,(H2,29,37)(H,31,36)(H2,30,32,33,34,38). The number of piperidine rings is 1. The first kappa shape index (κ1) is 27.9. The van der Waals surface area contributed by atoms with E-state index in [1.807, 2.05) is 0 Å². The molecule has 2 aromatic carbocycles. The molecule has 0 bridgehead atoms. The molecule has 1 aliphatic heterocycles. The Balaban J connectivity index is 1.58. The number of carbonyl (C=O) groups excluding carboxylic acids is 3. The molecule has 208 valence electrons. The molecule has 1 aliphatic rings. The van der Waals surface area contributed by atoms with Crippen molar-refractivity contribution in [1.29, 1.82) is 0 Å². The van der Waals surface area contributed by atoms with Gasteiger partial charge in [-0.25, -0.2) is 4.98 Å². The lowest BCUT2D eigenvalue weighted by molar-refractivity contribution is -0.122. The van der Waals surface area contributed by atoms with Crippen LogP contribution < -0.4 is 36.1 Å². The van der Waals surface area contributed by atoms with Gasteiger partial charge in [-0.1, -0.05) is 12.6 Å². The van der Waals surface area contributed by atoms with Crippen molar-refractivity contribution in [2.45, 2.75) is 12.8 Å². The van der Waals surface area contributed by atoms with Crippen LogP contribution in [0.2, 0.25) is 0 Å². The van der Waals surface area contributed by atoms with Crippen LogP contribution in [0.25, 0.3) is 0 Å². The maximum atomic E-state index is 12.7. The molecule has 12 nitrogen and oxygen atoms in total. The highest BCUT2D eigenvalue weighted by molar-refractivity contribution is 6.04. The Morgan fingerprint density at radius 2 is 1.82 bits per heavy atom. The maximum Gasteiger partial charge on any atom is 0.256 e. The van der Waals surface area contributed by atoms with Crippen molar-refractivity contribution >= 4 is 46.5 Å². The van der Waals surface area contributed by atoms with Crippen LogP contribution in [0, 0.1) is 5.92 Å². The summed E-state index contributed by atoms with van der Waals surface area (Å²) < 4.78 is 10.8. The summed E-state index contributed by atoms with van der Waals surface area (Å²) in [6, 6.07) is 11.8. The fraction of sp³-hybridized carbons (Fsp3) is 0.250. The Morgan fingerprint density at radius 1 is 1.05 bits per heavy atom. The zero-order chi connectivity index (χ0) is 28.6. The quantitative estimate of drug-likeness (QED) is 0.280. The van der Waals surface area contributed by atoms with E-state index in [2.05, 4.69) is 37.4 Å². The van der Waals surface area contributed by atoms with Crippen molar-refractivity contribution < 1.29 is 23.9 Å². The molecular formula is C28H31N7O5. The fourth-order valence-corrected chi connectivity index (χ4v) is 4.35. The highest BCUT2D eigenvalue weighted by atomic mass is 16.5. The molecular weight excluding hydrogens is 514 g/mol. The summed E-state index contributed by atoms with van der Waals surface area (Å²) >= 11 is 0. The van der Waals surface area contributed by atoms with Gasteiger partial charge in [0.2, 0.25) is 17.8 Å². The monoisotopic (exact) mass is 545 g/mol. The van der Waals surface area contributed by atoms with Crippen molar-refractivity contribution in [2.24, 2.45) is 11.7 Å². The van der Waals surface area contributed by atoms with Crippen LogP contribution in [0.1, 0.15) is 23.2 Å². The molecule has 0 spiro atoms. The third kappa shape index (κ3) is 6.65. The van der Waals surface area contributed by atoms with Gasteiger partial charge in [-0.3, -0.25) is 14.4 Å². The van der Waals surface area contributed by atoms with Crippen LogP contribution in [-0.2, 0) is 9.59 Å². The van der Waals surface area contributed by atoms with Crippen LogP contribution in [0.3, 0.4) is 0 Å². The summed E-state index contributed by atoms with van der Waals surface area (Å²) in [5.41, 5.74) is 7.61. The first-order chi connectivity index (χ1) is 19.3. The molecule has 3 aromatic rings. The molecule has 4 rings (SSSR count). The molecule has 1 saturated heterocycles. The van der Waals surface area contributed by atoms with Gasteiger partial charge in [-0.15, -0.1) is 0 Å². The first-order valence-corrected chi connectivity index (χ1v) is 12.6. The van der Waals surface area contributed by atoms with E-state index in [1.165, 1.54) is 26.5 Å². The summed E-state index contributed by atoms with van der Waals surface area (Å²) in [5, 5.41) is 8.69. The van der Waals surface area contributed by atoms with E-state index in [9.17, 15) is 14.4 Å². The smallest absolute Gasteiger partial charge is 0.256 e. The van der Waals surface area contributed by atoms with Gasteiger partial charge in [-0.05, 0) is 49.2 Å². The number of anilines is 5. The van der Waals surface area contributed by atoms with E-state index < -0.39 is 0 Å². The van der Waals surface area contributed by atoms with Crippen LogP contribution in [0.5, 0.6) is 11.5 Å². The number of ether oxygens (including phenoxy) is 2. The van der Waals surface area contributed by atoms with E-state index in [1.54, 1.807) is 42.5 Å². The first-order valence-electron chi connectivity index (χ1n) is 12.6. The number of nitrogens with two attached hydrogens (primary N) is 1. The lowest BCUT2D eigenvalue weighted by Gasteiger charge is -2.34. The maximum absolute atomic E-state index is 12.7. The predicted molar refractivity (Wildman–Crippen MR) is 152 cm³/mol. The second-order valence-electron chi connectivity index (χ2n) is 9.00. The van der Waals surface area contributed by atoms with Gasteiger partial charge < -0.3 is 36.1 Å². The Bertz CT molecular complexity index is 1420. The molecule has 0 aliphatic carbocycles. The van der Waals surface area contributed by atoms with Gasteiger partial charge in [0.1, 0.15) is 17.3 Å². The number of amides is 3. The van der Waals surface area contributed by atoms with Gasteiger partial charge in [-0.2, -0.15) is 4.98 Å². The van der Waals surface area contributed by atoms with Crippen molar-refractivity contribution in [1.82, 2.24) is 9.97 Å². The average Bonchev–Trinajstić information content (AvgIpc) is 2.97. The summed E-state index contributed by atoms with van der Waals surface area (Å²) in [5.74, 6) is 0.264. The zero-order valence-electron chi connectivity index (χ0n) is 22.3. The van der Waals surface area contributed by atoms with Gasteiger partial charge in [0.15, 0.2) is 0 Å². The second kappa shape index (κ2) is 12.6. The number of nitrogens with zero attached hydrogens (tertiary/aromatic N) is 3. The summed E-state index contributed by atoms with van der Waals surface area (Å²) in [4.78, 5) is 47.3. The number of carbonyl (C=O) groups is 3. The summed E-state index contributed by atoms with van der Waals surface area (Å²) in [7, 11) is 3.05. The minimum absolute atomic E-state index is 0.181. The largest absolute Gasteiger partial charge is 0.497 e. The van der Waals surface area contributed by atoms with Crippen LogP contribution >= 0.6 is 0 Å². The highest BCUT2D eigenvalue weighted by Gasteiger charge is 2.26. The fourth-order valence-electron chi connectivity index (χ4n) is 4.35. The number of primary amides is 1. The number of methoxy groups -OCH3 is 2. The number of aromatic nitrogens is 2. The normalized spacial score (nSPS) is 13.2. The molecule has 0 radical (unpaired) electrons. The lowest BCUT2D eigenvalue weighted by Crippen LogP contribution is -2.39. The van der Waals surface area contributed by atoms with E-state index in [0.29, 0.717) is 54.4 Å². The van der Waals surface area contributed by atoms with Gasteiger partial charge >= 0.3 is 0 Å². The van der Waals surface area contributed by atoms with E-state index >= 15 is 0 Å². The third-order valence-electron chi connectivity index (χ3n) is 6.47. The molecule has 0 saturated carbocycles. The molecule has 1 fully saturated rings. The topological polar surface area (TPSA) is 161 Å². The minimum atomic E-state index is -0.386. The molecule has 0 unspecified atom stereocenters. The Labute approximate surface area is 231 Å². The van der Waals surface area contributed by atoms with Crippen LogP contribution in [-0.4, -0.2) is 55.0 Å². The predicted octanol–water partition coefficient (Wildman–Crippen LogP) is 3.32. The van der Waals surface area contributed by atoms with Crippen molar-refractivity contribution in [2.75, 3.05) is 48.2 Å². The Kier molecular flexibility index (Phi) is 8.79. The van der Waals surface area contributed by atoms with Crippen molar-refractivity contribution in [3.63, 3.8) is 0 Å². The number of hydrogen-bond acceptors (Lipinski definition) is 9. The highest BCUT2D eigenvalue weighted by Crippen LogP contribution is 2.39. The molecule has 5 N–H and O–H groups in total. The molecule has 12 heteroatoms. The van der Waals surface area contributed by atoms with E-state index in [-0.39, 0.29) is 35.4 Å². The number of rotatable bonds is 10. The SMILES string of the molecule is C=CC(=O)Nc1cc(Nc2nccc(NC(=O)c3cccc(OC)c3)n2)c(OC)cc1N1CCC(C(N)=O)CC1. The summed E-state index contributed by atoms with van der Waals surface area (Å²) in [6.45, 7) is 4.70. The van der Waals surface area contributed by atoms with Gasteiger partial charge in [0.05, 0.1) is 31.3 Å². The molecule has 0 atom stereocenters. The minimum Gasteiger partial charge on any atom is -0.497 e. The number of hydrogen-bond donors (Lipinski definition) is 4. The van der Waals surface area contributed by atoms with Gasteiger partial charge in [0.25, 0.3) is 5.91 Å². The van der Waals surface area contributed by atoms with E-state index in [0.717, 1.165) is 5.69 Å². The second-order valence-corrected chi connectivity index (χ2v) is 9.00. The van der Waals surface area contributed by atoms with Crippen LogP contribution in [0.4, 0.5) is 28.8 Å². The lowest BCUT2D eigenvalue weighted by atomic mass is 9.95. The molecule has 40 heavy (non-hydrogen) atoms. The van der Waals surface area contributed by atoms with E-state index in [4.69, 9.17) is 15.2 Å². The van der Waals surface area contributed by atoms with Crippen LogP contribution in [0.15, 0.2) is 61.3 Å². The molecule has 2 heterocycles. The molecule has 1 aromatic heterocycles. The number of benzene rings is 2. The van der Waals surface area contributed by atoms with Crippen molar-refractivity contribution in [3.05, 3.63) is 66.9 Å². The van der Waals surface area contributed by atoms with Gasteiger partial charge in [0, 0.05) is 36.8 Å². The zero-order valence-corrected chi connectivity index (χ0v) is 22.3. The summed E-state index contributed by atoms with van der Waals surface area (Å²) in [6.07, 6.45) is 3.89.